The fourth-order valence-corrected chi connectivity index (χ4v) is 2.70. The van der Waals surface area contributed by atoms with Crippen LogP contribution in [0, 0.1) is 6.92 Å². The van der Waals surface area contributed by atoms with E-state index >= 15 is 0 Å². The molecule has 17 heavy (non-hydrogen) atoms. The highest BCUT2D eigenvalue weighted by Gasteiger charge is 2.19. The van der Waals surface area contributed by atoms with Crippen molar-refractivity contribution in [3.05, 3.63) is 33.6 Å². The van der Waals surface area contributed by atoms with Crippen molar-refractivity contribution < 1.29 is 14.7 Å². The van der Waals surface area contributed by atoms with Crippen molar-refractivity contribution in [3.8, 4) is 0 Å². The highest BCUT2D eigenvalue weighted by Crippen LogP contribution is 2.25. The fraction of sp³-hybridized carbons (Fsp3) is 0.100. The van der Waals surface area contributed by atoms with Gasteiger partial charge in [-0.05, 0) is 29.9 Å². The van der Waals surface area contributed by atoms with E-state index in [1.54, 1.807) is 23.8 Å². The first-order valence-electron chi connectivity index (χ1n) is 4.62. The van der Waals surface area contributed by atoms with Crippen LogP contribution >= 0.6 is 22.9 Å². The number of nitrogens with zero attached hydrogens (tertiary/aromatic N) is 1. The average Bonchev–Trinajstić information content (AvgIpc) is 2.87. The van der Waals surface area contributed by atoms with Gasteiger partial charge in [0.1, 0.15) is 10.6 Å². The van der Waals surface area contributed by atoms with Crippen LogP contribution < -0.4 is 5.32 Å². The number of aromatic carboxylic acids is 1. The standard InChI is InChI=1S/C10H8N2O3S2/c1-5-7(10(14)15)9(17-12-5)11-8(13)6-2-3-16-4-6/h2-4H,1H3,(H,11,13)(H,14,15). The molecule has 2 aromatic heterocycles. The lowest BCUT2D eigenvalue weighted by Gasteiger charge is -2.01. The van der Waals surface area contributed by atoms with Crippen molar-refractivity contribution in [2.75, 3.05) is 5.32 Å². The minimum absolute atomic E-state index is 0.0542. The van der Waals surface area contributed by atoms with Gasteiger partial charge in [-0.15, -0.1) is 0 Å². The number of carbonyl (C=O) groups excluding carboxylic acids is 1. The number of aromatic nitrogens is 1. The first-order chi connectivity index (χ1) is 8.09. The summed E-state index contributed by atoms with van der Waals surface area (Å²) in [4.78, 5) is 22.7. The van der Waals surface area contributed by atoms with E-state index in [0.29, 0.717) is 11.3 Å². The van der Waals surface area contributed by atoms with Gasteiger partial charge >= 0.3 is 5.97 Å². The molecule has 88 valence electrons. The lowest BCUT2D eigenvalue weighted by atomic mass is 10.2. The van der Waals surface area contributed by atoms with Crippen LogP contribution in [0.1, 0.15) is 26.4 Å². The molecule has 0 radical (unpaired) electrons. The molecule has 0 aromatic carbocycles. The quantitative estimate of drug-likeness (QED) is 0.896. The van der Waals surface area contributed by atoms with Gasteiger partial charge in [0, 0.05) is 5.38 Å². The number of anilines is 1. The first-order valence-corrected chi connectivity index (χ1v) is 6.34. The minimum Gasteiger partial charge on any atom is -0.478 e. The predicted octanol–water partition coefficient (Wildman–Crippen LogP) is 2.46. The molecule has 0 saturated heterocycles. The second-order valence-electron chi connectivity index (χ2n) is 3.24. The second kappa shape index (κ2) is 4.64. The van der Waals surface area contributed by atoms with E-state index in [1.807, 2.05) is 0 Å². The van der Waals surface area contributed by atoms with Gasteiger partial charge in [0.05, 0.1) is 11.3 Å². The molecule has 0 fully saturated rings. The lowest BCUT2D eigenvalue weighted by Crippen LogP contribution is -2.12. The third-order valence-electron chi connectivity index (χ3n) is 2.09. The van der Waals surface area contributed by atoms with Crippen LogP contribution in [0.2, 0.25) is 0 Å². The number of amides is 1. The number of thiophene rings is 1. The lowest BCUT2D eigenvalue weighted by molar-refractivity contribution is 0.0697. The summed E-state index contributed by atoms with van der Waals surface area (Å²) in [6.07, 6.45) is 0. The van der Waals surface area contributed by atoms with E-state index in [4.69, 9.17) is 5.11 Å². The molecule has 0 aliphatic heterocycles. The Morgan fingerprint density at radius 1 is 1.47 bits per heavy atom. The number of carboxylic acid groups (broad SMARTS) is 1. The summed E-state index contributed by atoms with van der Waals surface area (Å²) in [6.45, 7) is 1.60. The molecule has 0 bridgehead atoms. The van der Waals surface area contributed by atoms with Crippen molar-refractivity contribution in [1.82, 2.24) is 4.37 Å². The number of carboxylic acids is 1. The molecular weight excluding hydrogens is 260 g/mol. The topological polar surface area (TPSA) is 79.3 Å². The molecule has 2 N–H and O–H groups in total. The summed E-state index contributed by atoms with van der Waals surface area (Å²) in [6, 6.07) is 1.67. The van der Waals surface area contributed by atoms with Crippen molar-refractivity contribution in [1.29, 1.82) is 0 Å². The summed E-state index contributed by atoms with van der Waals surface area (Å²) >= 11 is 2.38. The molecule has 5 nitrogen and oxygen atoms in total. The van der Waals surface area contributed by atoms with Gasteiger partial charge in [-0.2, -0.15) is 15.7 Å². The fourth-order valence-electron chi connectivity index (χ4n) is 1.28. The number of aryl methyl sites for hydroxylation is 1. The second-order valence-corrected chi connectivity index (χ2v) is 4.80. The molecule has 0 saturated carbocycles. The van der Waals surface area contributed by atoms with Crippen LogP contribution in [-0.2, 0) is 0 Å². The van der Waals surface area contributed by atoms with Gasteiger partial charge in [0.15, 0.2) is 0 Å². The van der Waals surface area contributed by atoms with Crippen LogP contribution in [0.3, 0.4) is 0 Å². The van der Waals surface area contributed by atoms with Crippen LogP contribution in [0.25, 0.3) is 0 Å². The molecule has 2 rings (SSSR count). The Hall–Kier alpha value is -1.73. The molecule has 0 aliphatic rings. The maximum atomic E-state index is 11.7. The van der Waals surface area contributed by atoms with Crippen LogP contribution in [0.15, 0.2) is 16.8 Å². The Labute approximate surface area is 105 Å². The van der Waals surface area contributed by atoms with Gasteiger partial charge in [-0.25, -0.2) is 4.79 Å². The summed E-state index contributed by atoms with van der Waals surface area (Å²) in [7, 11) is 0. The Morgan fingerprint density at radius 2 is 2.24 bits per heavy atom. The zero-order chi connectivity index (χ0) is 12.4. The van der Waals surface area contributed by atoms with E-state index in [-0.39, 0.29) is 16.5 Å². The zero-order valence-electron chi connectivity index (χ0n) is 8.76. The number of hydrogen-bond donors (Lipinski definition) is 2. The number of carbonyl (C=O) groups is 2. The van der Waals surface area contributed by atoms with E-state index < -0.39 is 5.97 Å². The maximum absolute atomic E-state index is 11.7. The monoisotopic (exact) mass is 268 g/mol. The predicted molar refractivity (Wildman–Crippen MR) is 66.1 cm³/mol. The smallest absolute Gasteiger partial charge is 0.340 e. The van der Waals surface area contributed by atoms with E-state index in [0.717, 1.165) is 11.5 Å². The van der Waals surface area contributed by atoms with E-state index in [2.05, 4.69) is 9.69 Å². The van der Waals surface area contributed by atoms with Crippen molar-refractivity contribution in [2.24, 2.45) is 0 Å². The third-order valence-corrected chi connectivity index (χ3v) is 3.62. The molecule has 2 heterocycles. The third kappa shape index (κ3) is 2.34. The Morgan fingerprint density at radius 3 is 2.82 bits per heavy atom. The van der Waals surface area contributed by atoms with Crippen molar-refractivity contribution in [2.45, 2.75) is 6.92 Å². The first kappa shape index (κ1) is 11.7. The summed E-state index contributed by atoms with van der Waals surface area (Å²) in [5, 5.41) is 15.3. The molecule has 0 unspecified atom stereocenters. The van der Waals surface area contributed by atoms with E-state index in [1.165, 1.54) is 11.3 Å². The molecular formula is C10H8N2O3S2. The Kier molecular flexibility index (Phi) is 3.21. The van der Waals surface area contributed by atoms with Gasteiger partial charge in [0.2, 0.25) is 0 Å². The molecule has 7 heteroatoms. The van der Waals surface area contributed by atoms with Gasteiger partial charge in [0.25, 0.3) is 5.91 Å². The highest BCUT2D eigenvalue weighted by atomic mass is 32.1. The Bertz CT molecular complexity index is 560. The van der Waals surface area contributed by atoms with Gasteiger partial charge in [-0.1, -0.05) is 0 Å². The molecule has 0 atom stereocenters. The zero-order valence-corrected chi connectivity index (χ0v) is 10.4. The van der Waals surface area contributed by atoms with Crippen molar-refractivity contribution >= 4 is 39.7 Å². The molecule has 2 aromatic rings. The molecule has 0 aliphatic carbocycles. The SMILES string of the molecule is Cc1nsc(NC(=O)c2ccsc2)c1C(=O)O. The summed E-state index contributed by atoms with van der Waals surface area (Å²) < 4.78 is 3.92. The highest BCUT2D eigenvalue weighted by molar-refractivity contribution is 7.11. The molecule has 1 amide bonds. The minimum atomic E-state index is -1.09. The number of nitrogens with one attached hydrogen (secondary N) is 1. The number of hydrogen-bond acceptors (Lipinski definition) is 5. The largest absolute Gasteiger partial charge is 0.478 e. The van der Waals surface area contributed by atoms with Crippen LogP contribution in [-0.4, -0.2) is 21.4 Å². The van der Waals surface area contributed by atoms with Gasteiger partial charge in [-0.3, -0.25) is 4.79 Å². The molecule has 0 spiro atoms. The normalized spacial score (nSPS) is 10.2. The summed E-state index contributed by atoms with van der Waals surface area (Å²) in [5.74, 6) is -1.41. The van der Waals surface area contributed by atoms with Gasteiger partial charge < -0.3 is 10.4 Å². The number of rotatable bonds is 3. The van der Waals surface area contributed by atoms with Crippen LogP contribution in [0.5, 0.6) is 0 Å². The summed E-state index contributed by atoms with van der Waals surface area (Å²) in [5.41, 5.74) is 0.971. The maximum Gasteiger partial charge on any atom is 0.340 e. The van der Waals surface area contributed by atoms with Crippen LogP contribution in [0.4, 0.5) is 5.00 Å². The Balaban J connectivity index is 2.25. The average molecular weight is 268 g/mol. The van der Waals surface area contributed by atoms with Crippen molar-refractivity contribution in [3.63, 3.8) is 0 Å². The van der Waals surface area contributed by atoms with E-state index in [9.17, 15) is 9.59 Å².